The molecule has 72 valence electrons. The largest absolute Gasteiger partial charge is 0.362 e. The molecule has 1 aromatic rings. The van der Waals surface area contributed by atoms with Gasteiger partial charge in [-0.1, -0.05) is 34.1 Å². The zero-order valence-corrected chi connectivity index (χ0v) is 9.71. The van der Waals surface area contributed by atoms with Crippen molar-refractivity contribution >= 4 is 15.9 Å². The van der Waals surface area contributed by atoms with Crippen molar-refractivity contribution in [3.8, 4) is 0 Å². The number of rotatable bonds is 3. The highest BCUT2D eigenvalue weighted by atomic mass is 79.9. The van der Waals surface area contributed by atoms with Gasteiger partial charge in [0.25, 0.3) is 0 Å². The monoisotopic (exact) mass is 243 g/mol. The molecule has 0 aliphatic rings. The van der Waals surface area contributed by atoms with E-state index in [-0.39, 0.29) is 6.23 Å². The van der Waals surface area contributed by atoms with Gasteiger partial charge in [0.15, 0.2) is 0 Å². The van der Waals surface area contributed by atoms with Crippen LogP contribution >= 0.6 is 15.9 Å². The minimum Gasteiger partial charge on any atom is -0.362 e. The lowest BCUT2D eigenvalue weighted by molar-refractivity contribution is -0.00592. The molecule has 3 heteroatoms. The van der Waals surface area contributed by atoms with Crippen LogP contribution < -0.4 is 0 Å². The van der Waals surface area contributed by atoms with E-state index in [2.05, 4.69) is 22.0 Å². The van der Waals surface area contributed by atoms with Crippen LogP contribution in [0.15, 0.2) is 28.7 Å². The molecule has 0 bridgehead atoms. The topological polar surface area (TPSA) is 12.5 Å². The number of methoxy groups -OCH3 is 1. The Morgan fingerprint density at radius 2 is 1.92 bits per heavy atom. The van der Waals surface area contributed by atoms with Crippen molar-refractivity contribution in [1.82, 2.24) is 4.90 Å². The Hall–Kier alpha value is -0.380. The van der Waals surface area contributed by atoms with Crippen LogP contribution in [0.25, 0.3) is 0 Å². The number of hydrogen-bond acceptors (Lipinski definition) is 2. The van der Waals surface area contributed by atoms with E-state index in [0.29, 0.717) is 0 Å². The first-order chi connectivity index (χ1) is 6.16. The summed E-state index contributed by atoms with van der Waals surface area (Å²) in [4.78, 5) is 2.03. The van der Waals surface area contributed by atoms with Crippen LogP contribution in [-0.4, -0.2) is 26.1 Å². The van der Waals surface area contributed by atoms with E-state index in [9.17, 15) is 0 Å². The molecular weight excluding hydrogens is 230 g/mol. The van der Waals surface area contributed by atoms with Crippen molar-refractivity contribution in [2.75, 3.05) is 21.2 Å². The Kier molecular flexibility index (Phi) is 3.90. The first-order valence-electron chi connectivity index (χ1n) is 4.10. The second-order valence-electron chi connectivity index (χ2n) is 3.07. The Morgan fingerprint density at radius 1 is 1.31 bits per heavy atom. The summed E-state index contributed by atoms with van der Waals surface area (Å²) in [7, 11) is 5.70. The third kappa shape index (κ3) is 2.53. The number of nitrogens with zero attached hydrogens (tertiary/aromatic N) is 1. The Bertz CT molecular complexity index is 275. The fourth-order valence-electron chi connectivity index (χ4n) is 1.29. The smallest absolute Gasteiger partial charge is 0.136 e. The number of hydrogen-bond donors (Lipinski definition) is 0. The van der Waals surface area contributed by atoms with E-state index < -0.39 is 0 Å². The van der Waals surface area contributed by atoms with Crippen molar-refractivity contribution in [1.29, 1.82) is 0 Å². The van der Waals surface area contributed by atoms with Crippen molar-refractivity contribution in [3.63, 3.8) is 0 Å². The molecule has 1 unspecified atom stereocenters. The molecule has 0 heterocycles. The predicted octanol–water partition coefficient (Wildman–Crippen LogP) is 2.66. The highest BCUT2D eigenvalue weighted by molar-refractivity contribution is 9.10. The highest BCUT2D eigenvalue weighted by Crippen LogP contribution is 2.26. The van der Waals surface area contributed by atoms with Gasteiger partial charge in [-0.05, 0) is 20.2 Å². The fraction of sp³-hybridized carbons (Fsp3) is 0.400. The summed E-state index contributed by atoms with van der Waals surface area (Å²) in [6.07, 6.45) is 0.00979. The zero-order valence-electron chi connectivity index (χ0n) is 8.12. The Morgan fingerprint density at radius 3 is 2.38 bits per heavy atom. The van der Waals surface area contributed by atoms with Crippen LogP contribution in [-0.2, 0) is 4.74 Å². The Balaban J connectivity index is 2.97. The summed E-state index contributed by atoms with van der Waals surface area (Å²) in [6.45, 7) is 0. The summed E-state index contributed by atoms with van der Waals surface area (Å²) in [5.74, 6) is 0. The van der Waals surface area contributed by atoms with Crippen LogP contribution in [0.1, 0.15) is 11.8 Å². The van der Waals surface area contributed by atoms with Gasteiger partial charge in [0.1, 0.15) is 6.23 Å². The first kappa shape index (κ1) is 10.7. The summed E-state index contributed by atoms with van der Waals surface area (Å²) in [6, 6.07) is 8.08. The summed E-state index contributed by atoms with van der Waals surface area (Å²) in [5, 5.41) is 0. The van der Waals surface area contributed by atoms with E-state index in [1.54, 1.807) is 7.11 Å². The van der Waals surface area contributed by atoms with Crippen molar-refractivity contribution in [2.45, 2.75) is 6.23 Å². The number of halogens is 1. The van der Waals surface area contributed by atoms with E-state index in [1.807, 2.05) is 37.2 Å². The van der Waals surface area contributed by atoms with E-state index in [4.69, 9.17) is 4.74 Å². The Labute approximate surface area is 87.6 Å². The van der Waals surface area contributed by atoms with Crippen LogP contribution in [0.4, 0.5) is 0 Å². The van der Waals surface area contributed by atoms with Crippen molar-refractivity contribution in [2.24, 2.45) is 0 Å². The second kappa shape index (κ2) is 4.74. The lowest BCUT2D eigenvalue weighted by Crippen LogP contribution is -2.21. The van der Waals surface area contributed by atoms with Gasteiger partial charge in [-0.25, -0.2) is 0 Å². The summed E-state index contributed by atoms with van der Waals surface area (Å²) < 4.78 is 6.45. The molecule has 0 amide bonds. The summed E-state index contributed by atoms with van der Waals surface area (Å²) >= 11 is 3.50. The summed E-state index contributed by atoms with van der Waals surface area (Å²) in [5.41, 5.74) is 1.15. The third-order valence-electron chi connectivity index (χ3n) is 1.86. The van der Waals surface area contributed by atoms with Crippen molar-refractivity contribution in [3.05, 3.63) is 34.3 Å². The zero-order chi connectivity index (χ0) is 9.84. The molecular formula is C10H14BrNO. The average Bonchev–Trinajstić information content (AvgIpc) is 2.09. The van der Waals surface area contributed by atoms with E-state index >= 15 is 0 Å². The molecule has 0 aromatic heterocycles. The molecule has 1 aromatic carbocycles. The predicted molar refractivity (Wildman–Crippen MR) is 57.6 cm³/mol. The lowest BCUT2D eigenvalue weighted by atomic mass is 10.2. The molecule has 13 heavy (non-hydrogen) atoms. The van der Waals surface area contributed by atoms with Gasteiger partial charge in [-0.2, -0.15) is 0 Å². The normalized spacial score (nSPS) is 13.3. The van der Waals surface area contributed by atoms with Gasteiger partial charge in [-0.3, -0.25) is 4.90 Å². The molecule has 2 nitrogen and oxygen atoms in total. The molecule has 0 spiro atoms. The molecule has 0 fully saturated rings. The maximum atomic E-state index is 5.37. The quantitative estimate of drug-likeness (QED) is 0.758. The molecule has 1 rings (SSSR count). The van der Waals surface area contributed by atoms with Gasteiger partial charge >= 0.3 is 0 Å². The van der Waals surface area contributed by atoms with Gasteiger partial charge < -0.3 is 4.74 Å². The maximum Gasteiger partial charge on any atom is 0.136 e. The maximum absolute atomic E-state index is 5.37. The van der Waals surface area contributed by atoms with Crippen LogP contribution in [0.2, 0.25) is 0 Å². The molecule has 0 N–H and O–H groups in total. The molecule has 0 aliphatic heterocycles. The van der Waals surface area contributed by atoms with E-state index in [1.165, 1.54) is 0 Å². The van der Waals surface area contributed by atoms with Gasteiger partial charge in [0.2, 0.25) is 0 Å². The fourth-order valence-corrected chi connectivity index (χ4v) is 1.77. The molecule has 0 saturated heterocycles. The standard InChI is InChI=1S/C10H14BrNO/c1-12(2)10(13-3)8-6-4-5-7-9(8)11/h4-7,10H,1-3H3. The van der Waals surface area contributed by atoms with Crippen molar-refractivity contribution < 1.29 is 4.74 Å². The van der Waals surface area contributed by atoms with Crippen LogP contribution in [0.3, 0.4) is 0 Å². The number of benzene rings is 1. The number of ether oxygens (including phenoxy) is 1. The van der Waals surface area contributed by atoms with Crippen LogP contribution in [0.5, 0.6) is 0 Å². The van der Waals surface area contributed by atoms with Gasteiger partial charge in [-0.15, -0.1) is 0 Å². The van der Waals surface area contributed by atoms with Crippen LogP contribution in [0, 0.1) is 0 Å². The minimum absolute atomic E-state index is 0.00979. The third-order valence-corrected chi connectivity index (χ3v) is 2.59. The molecule has 0 radical (unpaired) electrons. The molecule has 0 saturated carbocycles. The lowest BCUT2D eigenvalue weighted by Gasteiger charge is -2.23. The SMILES string of the molecule is COC(c1ccccc1Br)N(C)C. The highest BCUT2D eigenvalue weighted by Gasteiger charge is 2.14. The molecule has 0 aliphatic carbocycles. The minimum atomic E-state index is 0.00979. The second-order valence-corrected chi connectivity index (χ2v) is 3.93. The first-order valence-corrected chi connectivity index (χ1v) is 4.89. The van der Waals surface area contributed by atoms with E-state index in [0.717, 1.165) is 10.0 Å². The molecule has 1 atom stereocenters. The van der Waals surface area contributed by atoms with Gasteiger partial charge in [0.05, 0.1) is 0 Å². The van der Waals surface area contributed by atoms with Gasteiger partial charge in [0, 0.05) is 17.1 Å². The average molecular weight is 244 g/mol.